The third kappa shape index (κ3) is 7.53. The van der Waals surface area contributed by atoms with E-state index in [-0.39, 0.29) is 18.6 Å². The van der Waals surface area contributed by atoms with Crippen molar-refractivity contribution in [3.8, 4) is 23.0 Å². The first kappa shape index (κ1) is 38.0. The van der Waals surface area contributed by atoms with E-state index in [9.17, 15) is 66.1 Å². The lowest BCUT2D eigenvalue weighted by Crippen LogP contribution is -2.64. The number of Topliss-reactive ketones (excluding diaryl/α,β-unsaturated/α-hetero) is 1. The van der Waals surface area contributed by atoms with E-state index in [1.165, 1.54) is 19.1 Å². The Kier molecular flexibility index (Phi) is 11.8. The predicted molar refractivity (Wildman–Crippen MR) is 163 cm³/mol. The number of phenolic OH excluding ortho intramolecular Hbond substituents is 3. The second-order valence-electron chi connectivity index (χ2n) is 12.5. The van der Waals surface area contributed by atoms with Crippen LogP contribution in [-0.2, 0) is 25.4 Å². The molecule has 18 nitrogen and oxygen atoms in total. The third-order valence-corrected chi connectivity index (χ3v) is 9.09. The molecule has 3 aliphatic heterocycles. The molecule has 2 aromatic carbocycles. The van der Waals surface area contributed by atoms with Crippen LogP contribution in [0.1, 0.15) is 40.9 Å². The normalized spacial score (nSPS) is 37.7. The largest absolute Gasteiger partial charge is 0.508 e. The molecule has 0 saturated carbocycles. The van der Waals surface area contributed by atoms with E-state index in [1.54, 1.807) is 12.1 Å². The van der Waals surface area contributed by atoms with Crippen molar-refractivity contribution < 1.29 is 89.8 Å². The smallest absolute Gasteiger partial charge is 0.229 e. The topological polar surface area (TPSA) is 306 Å². The van der Waals surface area contributed by atoms with Crippen molar-refractivity contribution in [2.24, 2.45) is 0 Å². The molecule has 0 aromatic heterocycles. The zero-order valence-electron chi connectivity index (χ0n) is 26.6. The summed E-state index contributed by atoms with van der Waals surface area (Å²) in [5.74, 6) is -3.07. The van der Waals surface area contributed by atoms with Crippen LogP contribution >= 0.6 is 0 Å². The summed E-state index contributed by atoms with van der Waals surface area (Å²) >= 11 is 0. The van der Waals surface area contributed by atoms with Gasteiger partial charge in [0, 0.05) is 12.5 Å². The maximum absolute atomic E-state index is 13.8. The van der Waals surface area contributed by atoms with Crippen molar-refractivity contribution in [3.05, 3.63) is 47.0 Å². The summed E-state index contributed by atoms with van der Waals surface area (Å²) in [5.41, 5.74) is -0.475. The Labute approximate surface area is 284 Å². The Balaban J connectivity index is 1.52. The van der Waals surface area contributed by atoms with Crippen molar-refractivity contribution in [1.29, 1.82) is 0 Å². The van der Waals surface area contributed by atoms with E-state index in [0.717, 1.165) is 6.07 Å². The number of carbonyl (C=O) groups is 1. The average molecular weight is 715 g/mol. The molecule has 50 heavy (non-hydrogen) atoms. The summed E-state index contributed by atoms with van der Waals surface area (Å²) < 4.78 is 28.1. The monoisotopic (exact) mass is 714 g/mol. The summed E-state index contributed by atoms with van der Waals surface area (Å²) in [4.78, 5) is 13.8. The zero-order chi connectivity index (χ0) is 36.6. The average Bonchev–Trinajstić information content (AvgIpc) is 3.08. The molecule has 0 spiro atoms. The minimum atomic E-state index is -1.93. The molecular formula is C32H42O18. The van der Waals surface area contributed by atoms with Crippen LogP contribution in [0.5, 0.6) is 23.0 Å². The highest BCUT2D eigenvalue weighted by Gasteiger charge is 2.51. The maximum Gasteiger partial charge on any atom is 0.229 e. The molecule has 0 bridgehead atoms. The summed E-state index contributed by atoms with van der Waals surface area (Å²) in [7, 11) is 0. The van der Waals surface area contributed by atoms with Crippen LogP contribution in [0.3, 0.4) is 0 Å². The molecule has 5 rings (SSSR count). The van der Waals surface area contributed by atoms with Gasteiger partial charge in [0.1, 0.15) is 89.6 Å². The summed E-state index contributed by atoms with van der Waals surface area (Å²) in [6.45, 7) is 0.0524. The maximum atomic E-state index is 13.8. The fourth-order valence-electron chi connectivity index (χ4n) is 6.10. The molecular weight excluding hydrogens is 672 g/mol. The van der Waals surface area contributed by atoms with Gasteiger partial charge in [0.15, 0.2) is 18.2 Å². The van der Waals surface area contributed by atoms with Crippen LogP contribution in [-0.4, -0.2) is 160 Å². The van der Waals surface area contributed by atoms with Gasteiger partial charge in [0.25, 0.3) is 0 Å². The molecule has 0 aliphatic carbocycles. The van der Waals surface area contributed by atoms with Gasteiger partial charge in [-0.25, -0.2) is 0 Å². The predicted octanol–water partition coefficient (Wildman–Crippen LogP) is -3.20. The molecule has 3 aliphatic rings. The molecule has 18 heteroatoms. The van der Waals surface area contributed by atoms with Gasteiger partial charge in [0.05, 0.1) is 24.9 Å². The number of aliphatic hydroxyl groups excluding tert-OH is 9. The molecule has 0 amide bonds. The molecule has 14 atom stereocenters. The Morgan fingerprint density at radius 2 is 1.50 bits per heavy atom. The van der Waals surface area contributed by atoms with Crippen LogP contribution in [0, 0.1) is 0 Å². The highest BCUT2D eigenvalue weighted by Crippen LogP contribution is 2.46. The quantitative estimate of drug-likeness (QED) is 0.108. The molecule has 3 saturated heterocycles. The number of hydrogen-bond donors (Lipinski definition) is 12. The fraction of sp³-hybridized carbons (Fsp3) is 0.594. The van der Waals surface area contributed by atoms with E-state index in [2.05, 4.69) is 0 Å². The highest BCUT2D eigenvalue weighted by atomic mass is 16.8. The zero-order valence-corrected chi connectivity index (χ0v) is 26.6. The molecule has 2 aromatic rings. The Bertz CT molecular complexity index is 1470. The van der Waals surface area contributed by atoms with Crippen LogP contribution in [0.25, 0.3) is 0 Å². The second-order valence-corrected chi connectivity index (χ2v) is 12.5. The summed E-state index contributed by atoms with van der Waals surface area (Å²) in [6.07, 6.45) is -23.9. The molecule has 12 N–H and O–H groups in total. The standard InChI is InChI=1S/C32H42O18/c1-11-21(38)26(43)30(50-31-28(45)25(42)23(40)18(9-33)49-31)32(47-11)48-17-8-15(36)20(29-27(44)22(39)16(37)10-46-29)24(41)19(17)14(35)7-4-12-2-5-13(34)6-3-12/h2-3,5-6,8,11,16,18,21-23,25-34,36-45H,4,7,9-10H2,1H3/t11-,16+,18-,21+,22-,23-,25+,26+,27-,28-,29-,30-,31+,32+/m0/s1. The van der Waals surface area contributed by atoms with E-state index in [0.29, 0.717) is 5.56 Å². The van der Waals surface area contributed by atoms with Crippen molar-refractivity contribution in [2.75, 3.05) is 13.2 Å². The number of aliphatic hydroxyl groups is 9. The number of aryl methyl sites for hydroxylation is 1. The SMILES string of the molecule is C[C@@H]1O[C@H](Oc2cc(O)c([C@@H]3OC[C@@H](O)[C@H](O)[C@@H]3O)c(O)c2C(=O)CCc2ccc(O)cc2)[C@@H](O[C@H]2O[C@@H](CO)[C@H](O)[C@@H](O)[C@@H]2O)[C@H](O)[C@@H]1O. The summed E-state index contributed by atoms with van der Waals surface area (Å²) in [6, 6.07) is 6.80. The minimum absolute atomic E-state index is 0.00978. The van der Waals surface area contributed by atoms with Gasteiger partial charge >= 0.3 is 0 Å². The first-order chi connectivity index (χ1) is 23.6. The molecule has 3 fully saturated rings. The van der Waals surface area contributed by atoms with Crippen LogP contribution in [0.15, 0.2) is 30.3 Å². The minimum Gasteiger partial charge on any atom is -0.508 e. The first-order valence-electron chi connectivity index (χ1n) is 15.8. The van der Waals surface area contributed by atoms with Gasteiger partial charge in [0.2, 0.25) is 6.29 Å². The number of rotatable bonds is 10. The van der Waals surface area contributed by atoms with Gasteiger partial charge < -0.3 is 85.0 Å². The summed E-state index contributed by atoms with van der Waals surface area (Å²) in [5, 5.41) is 125. The lowest BCUT2D eigenvalue weighted by molar-refractivity contribution is -0.355. The molecule has 278 valence electrons. The second kappa shape index (κ2) is 15.6. The highest BCUT2D eigenvalue weighted by molar-refractivity contribution is 6.02. The Morgan fingerprint density at radius 3 is 2.16 bits per heavy atom. The number of hydrogen-bond acceptors (Lipinski definition) is 18. The van der Waals surface area contributed by atoms with E-state index in [4.69, 9.17) is 23.7 Å². The van der Waals surface area contributed by atoms with Gasteiger partial charge in [-0.15, -0.1) is 0 Å². The number of benzene rings is 2. The van der Waals surface area contributed by atoms with Gasteiger partial charge in [-0.2, -0.15) is 0 Å². The van der Waals surface area contributed by atoms with E-state index in [1.807, 2.05) is 0 Å². The van der Waals surface area contributed by atoms with Gasteiger partial charge in [-0.05, 0) is 31.0 Å². The van der Waals surface area contributed by atoms with Gasteiger partial charge in [-0.1, -0.05) is 12.1 Å². The van der Waals surface area contributed by atoms with Crippen molar-refractivity contribution in [2.45, 2.75) is 106 Å². The Hall–Kier alpha value is -3.21. The number of aromatic hydroxyl groups is 3. The van der Waals surface area contributed by atoms with Crippen LogP contribution < -0.4 is 4.74 Å². The first-order valence-corrected chi connectivity index (χ1v) is 15.8. The van der Waals surface area contributed by atoms with Crippen molar-refractivity contribution in [1.82, 2.24) is 0 Å². The lowest BCUT2D eigenvalue weighted by atomic mass is 9.90. The van der Waals surface area contributed by atoms with Crippen LogP contribution in [0.2, 0.25) is 0 Å². The van der Waals surface area contributed by atoms with Crippen molar-refractivity contribution >= 4 is 5.78 Å². The fourth-order valence-corrected chi connectivity index (χ4v) is 6.10. The van der Waals surface area contributed by atoms with Crippen molar-refractivity contribution in [3.63, 3.8) is 0 Å². The lowest BCUT2D eigenvalue weighted by Gasteiger charge is -2.45. The van der Waals surface area contributed by atoms with Gasteiger partial charge in [-0.3, -0.25) is 4.79 Å². The number of ketones is 1. The molecule has 3 heterocycles. The molecule has 0 radical (unpaired) electrons. The van der Waals surface area contributed by atoms with E-state index >= 15 is 0 Å². The third-order valence-electron chi connectivity index (χ3n) is 9.09. The molecule has 0 unspecified atom stereocenters. The van der Waals surface area contributed by atoms with Crippen LogP contribution in [0.4, 0.5) is 0 Å². The number of phenols is 3. The van der Waals surface area contributed by atoms with E-state index < -0.39 is 133 Å². The Morgan fingerprint density at radius 1 is 0.820 bits per heavy atom. The number of carbonyl (C=O) groups excluding carboxylic acids is 1. The number of ether oxygens (including phenoxy) is 5.